The lowest BCUT2D eigenvalue weighted by molar-refractivity contribution is 0.208. The van der Waals surface area contributed by atoms with E-state index in [1.807, 2.05) is 12.1 Å². The van der Waals surface area contributed by atoms with Crippen molar-refractivity contribution < 1.29 is 0 Å². The molecule has 0 aliphatic carbocycles. The second-order valence-electron chi connectivity index (χ2n) is 5.87. The molecule has 0 spiro atoms. The minimum Gasteiger partial charge on any atom is -0.382 e. The van der Waals surface area contributed by atoms with Crippen molar-refractivity contribution in [2.24, 2.45) is 5.92 Å². The molecule has 1 atom stereocenters. The van der Waals surface area contributed by atoms with E-state index in [0.29, 0.717) is 6.04 Å². The Hall–Kier alpha value is -1.95. The van der Waals surface area contributed by atoms with Crippen LogP contribution in [0, 0.1) is 5.92 Å². The highest BCUT2D eigenvalue weighted by Gasteiger charge is 2.21. The third kappa shape index (κ3) is 3.39. The van der Waals surface area contributed by atoms with Crippen LogP contribution < -0.4 is 5.32 Å². The fourth-order valence-corrected chi connectivity index (χ4v) is 2.90. The maximum Gasteiger partial charge on any atom is 0.143 e. The van der Waals surface area contributed by atoms with Crippen LogP contribution in [-0.2, 0) is 0 Å². The lowest BCUT2D eigenvalue weighted by atomic mass is 9.90. The quantitative estimate of drug-likeness (QED) is 0.929. The predicted molar refractivity (Wildman–Crippen MR) is 82.5 cm³/mol. The summed E-state index contributed by atoms with van der Waals surface area (Å²) in [6, 6.07) is 8.72. The number of piperidine rings is 1. The van der Waals surface area contributed by atoms with Gasteiger partial charge >= 0.3 is 0 Å². The first-order chi connectivity index (χ1) is 10.2. The predicted octanol–water partition coefficient (Wildman–Crippen LogP) is 1.80. The zero-order valence-corrected chi connectivity index (χ0v) is 12.6. The van der Waals surface area contributed by atoms with E-state index in [-0.39, 0.29) is 0 Å². The Labute approximate surface area is 125 Å². The van der Waals surface area contributed by atoms with Crippen molar-refractivity contribution in [1.82, 2.24) is 25.1 Å². The summed E-state index contributed by atoms with van der Waals surface area (Å²) in [5, 5.41) is 14.8. The Morgan fingerprint density at radius 2 is 1.90 bits per heavy atom. The summed E-state index contributed by atoms with van der Waals surface area (Å²) < 4.78 is 1.66. The van der Waals surface area contributed by atoms with Gasteiger partial charge in [0.15, 0.2) is 0 Å². The van der Waals surface area contributed by atoms with E-state index in [2.05, 4.69) is 51.8 Å². The van der Waals surface area contributed by atoms with Gasteiger partial charge in [0.05, 0.1) is 5.69 Å². The number of nitrogens with one attached hydrogen (secondary N) is 1. The van der Waals surface area contributed by atoms with Gasteiger partial charge in [0, 0.05) is 11.7 Å². The van der Waals surface area contributed by atoms with E-state index < -0.39 is 0 Å². The van der Waals surface area contributed by atoms with Crippen LogP contribution >= 0.6 is 0 Å². The molecule has 0 bridgehead atoms. The summed E-state index contributed by atoms with van der Waals surface area (Å²) >= 11 is 0. The molecule has 112 valence electrons. The minimum atomic E-state index is 0.498. The van der Waals surface area contributed by atoms with E-state index in [0.717, 1.165) is 17.3 Å². The second-order valence-corrected chi connectivity index (χ2v) is 5.87. The molecule has 1 fully saturated rings. The van der Waals surface area contributed by atoms with E-state index in [4.69, 9.17) is 0 Å². The van der Waals surface area contributed by atoms with E-state index >= 15 is 0 Å². The lowest BCUT2D eigenvalue weighted by Gasteiger charge is -2.33. The zero-order chi connectivity index (χ0) is 14.7. The van der Waals surface area contributed by atoms with Crippen molar-refractivity contribution in [1.29, 1.82) is 0 Å². The van der Waals surface area contributed by atoms with Crippen LogP contribution in [0.5, 0.6) is 0 Å². The van der Waals surface area contributed by atoms with E-state index in [1.165, 1.54) is 25.9 Å². The van der Waals surface area contributed by atoms with Crippen molar-refractivity contribution in [3.05, 3.63) is 30.6 Å². The largest absolute Gasteiger partial charge is 0.382 e. The molecular weight excluding hydrogens is 264 g/mol. The summed E-state index contributed by atoms with van der Waals surface area (Å²) in [5.41, 5.74) is 2.12. The standard InChI is InChI=1S/C15H22N6/c1-12(13-7-9-20(2)10-8-13)17-14-3-5-15(6-4-14)21-11-16-18-19-21/h3-6,11-13,17H,7-10H2,1-2H3. The smallest absolute Gasteiger partial charge is 0.143 e. The number of tetrazole rings is 1. The lowest BCUT2D eigenvalue weighted by Crippen LogP contribution is -2.37. The van der Waals surface area contributed by atoms with Gasteiger partial charge in [-0.15, -0.1) is 5.10 Å². The Morgan fingerprint density at radius 3 is 2.52 bits per heavy atom. The number of hydrogen-bond donors (Lipinski definition) is 1. The maximum absolute atomic E-state index is 3.89. The molecule has 1 aliphatic heterocycles. The van der Waals surface area contributed by atoms with Gasteiger partial charge in [0.2, 0.25) is 0 Å². The van der Waals surface area contributed by atoms with Crippen LogP contribution in [0.4, 0.5) is 5.69 Å². The Morgan fingerprint density at radius 1 is 1.19 bits per heavy atom. The van der Waals surface area contributed by atoms with Crippen molar-refractivity contribution in [3.8, 4) is 5.69 Å². The highest BCUT2D eigenvalue weighted by molar-refractivity contribution is 5.48. The second kappa shape index (κ2) is 6.22. The van der Waals surface area contributed by atoms with Crippen molar-refractivity contribution in [2.45, 2.75) is 25.8 Å². The van der Waals surface area contributed by atoms with Crippen molar-refractivity contribution in [2.75, 3.05) is 25.5 Å². The van der Waals surface area contributed by atoms with Gasteiger partial charge in [-0.2, -0.15) is 0 Å². The number of likely N-dealkylation sites (tertiary alicyclic amines) is 1. The molecule has 1 unspecified atom stereocenters. The molecule has 1 N–H and O–H groups in total. The van der Waals surface area contributed by atoms with Crippen LogP contribution in [-0.4, -0.2) is 51.3 Å². The van der Waals surface area contributed by atoms with E-state index in [9.17, 15) is 0 Å². The molecule has 21 heavy (non-hydrogen) atoms. The Bertz CT molecular complexity index is 542. The summed E-state index contributed by atoms with van der Waals surface area (Å²) in [7, 11) is 2.20. The van der Waals surface area contributed by atoms with Crippen molar-refractivity contribution >= 4 is 5.69 Å². The molecule has 0 radical (unpaired) electrons. The first-order valence-corrected chi connectivity index (χ1v) is 7.51. The topological polar surface area (TPSA) is 58.9 Å². The summed E-state index contributed by atoms with van der Waals surface area (Å²) in [5.74, 6) is 0.750. The molecule has 1 saturated heterocycles. The number of aromatic nitrogens is 4. The fourth-order valence-electron chi connectivity index (χ4n) is 2.90. The third-order valence-electron chi connectivity index (χ3n) is 4.35. The highest BCUT2D eigenvalue weighted by Crippen LogP contribution is 2.23. The first-order valence-electron chi connectivity index (χ1n) is 7.51. The average molecular weight is 286 g/mol. The fraction of sp³-hybridized carbons (Fsp3) is 0.533. The number of hydrogen-bond acceptors (Lipinski definition) is 5. The van der Waals surface area contributed by atoms with Crippen LogP contribution in [0.1, 0.15) is 19.8 Å². The van der Waals surface area contributed by atoms with Gasteiger partial charge in [0.1, 0.15) is 6.33 Å². The van der Waals surface area contributed by atoms with Crippen LogP contribution in [0.15, 0.2) is 30.6 Å². The van der Waals surface area contributed by atoms with Crippen LogP contribution in [0.25, 0.3) is 5.69 Å². The minimum absolute atomic E-state index is 0.498. The van der Waals surface area contributed by atoms with E-state index in [1.54, 1.807) is 11.0 Å². The molecule has 6 heteroatoms. The molecule has 2 heterocycles. The maximum atomic E-state index is 3.89. The summed E-state index contributed by atoms with van der Waals surface area (Å²) in [6.07, 6.45) is 4.14. The monoisotopic (exact) mass is 286 g/mol. The first kappa shape index (κ1) is 14.0. The summed E-state index contributed by atoms with van der Waals surface area (Å²) in [4.78, 5) is 2.41. The molecule has 2 aromatic rings. The SMILES string of the molecule is CC(Nc1ccc(-n2cnnn2)cc1)C1CCN(C)CC1. The summed E-state index contributed by atoms with van der Waals surface area (Å²) in [6.45, 7) is 4.69. The van der Waals surface area contributed by atoms with Gasteiger partial charge in [-0.05, 0) is 80.5 Å². The van der Waals surface area contributed by atoms with Gasteiger partial charge in [0.25, 0.3) is 0 Å². The van der Waals surface area contributed by atoms with Crippen LogP contribution in [0.2, 0.25) is 0 Å². The molecule has 1 aromatic heterocycles. The van der Waals surface area contributed by atoms with Gasteiger partial charge in [-0.1, -0.05) is 0 Å². The number of nitrogens with zero attached hydrogens (tertiary/aromatic N) is 5. The molecule has 0 amide bonds. The van der Waals surface area contributed by atoms with Gasteiger partial charge < -0.3 is 10.2 Å². The van der Waals surface area contributed by atoms with Crippen molar-refractivity contribution in [3.63, 3.8) is 0 Å². The molecule has 6 nitrogen and oxygen atoms in total. The van der Waals surface area contributed by atoms with Crippen LogP contribution in [0.3, 0.4) is 0 Å². The molecule has 1 aromatic carbocycles. The molecular formula is C15H22N6. The molecule has 3 rings (SSSR count). The Balaban J connectivity index is 1.60. The Kier molecular flexibility index (Phi) is 4.15. The number of anilines is 1. The number of benzene rings is 1. The molecule has 1 aliphatic rings. The third-order valence-corrected chi connectivity index (χ3v) is 4.35. The van der Waals surface area contributed by atoms with Gasteiger partial charge in [-0.3, -0.25) is 0 Å². The van der Waals surface area contributed by atoms with Gasteiger partial charge in [-0.25, -0.2) is 4.68 Å². The number of rotatable bonds is 4. The average Bonchev–Trinajstić information content (AvgIpc) is 3.03. The zero-order valence-electron chi connectivity index (χ0n) is 12.6. The normalized spacial score (nSPS) is 18.6. The highest BCUT2D eigenvalue weighted by atomic mass is 15.5. The molecule has 0 saturated carbocycles.